The maximum atomic E-state index is 11.2. The second kappa shape index (κ2) is 8.99. The molecule has 1 aromatic carbocycles. The summed E-state index contributed by atoms with van der Waals surface area (Å²) in [7, 11) is 0. The molecule has 0 spiro atoms. The number of nitriles is 2. The van der Waals surface area contributed by atoms with Crippen molar-refractivity contribution in [1.29, 1.82) is 10.5 Å². The molecule has 0 aliphatic heterocycles. The van der Waals surface area contributed by atoms with Crippen LogP contribution in [0.4, 0.5) is 0 Å². The summed E-state index contributed by atoms with van der Waals surface area (Å²) in [5, 5.41) is 30.1. The van der Waals surface area contributed by atoms with Crippen LogP contribution in [0.1, 0.15) is 50.2 Å². The molecule has 130 valence electrons. The minimum atomic E-state index is -0.257. The van der Waals surface area contributed by atoms with Gasteiger partial charge in [-0.15, -0.1) is 0 Å². The number of hydrogen-bond acceptors (Lipinski definition) is 4. The highest BCUT2D eigenvalue weighted by atomic mass is 16.6. The number of nitro groups is 1. The van der Waals surface area contributed by atoms with Crippen molar-refractivity contribution in [3.63, 3.8) is 0 Å². The molecular formula is C20H23N3O2. The molecule has 0 aromatic heterocycles. The van der Waals surface area contributed by atoms with Crippen molar-refractivity contribution < 1.29 is 4.92 Å². The van der Waals surface area contributed by atoms with Gasteiger partial charge < -0.3 is 0 Å². The first-order valence-corrected chi connectivity index (χ1v) is 8.86. The van der Waals surface area contributed by atoms with Crippen molar-refractivity contribution in [2.24, 2.45) is 11.8 Å². The van der Waals surface area contributed by atoms with Gasteiger partial charge >= 0.3 is 0 Å². The molecule has 0 unspecified atom stereocenters. The van der Waals surface area contributed by atoms with Crippen molar-refractivity contribution >= 4 is 5.57 Å². The lowest BCUT2D eigenvalue weighted by atomic mass is 9.70. The van der Waals surface area contributed by atoms with Gasteiger partial charge in [-0.25, -0.2) is 0 Å². The van der Waals surface area contributed by atoms with Crippen LogP contribution < -0.4 is 0 Å². The number of fused-ring (bicyclic) bond motifs is 1. The first-order valence-electron chi connectivity index (χ1n) is 8.86. The molecule has 0 fully saturated rings. The monoisotopic (exact) mass is 337 g/mol. The van der Waals surface area contributed by atoms with E-state index in [0.29, 0.717) is 0 Å². The van der Waals surface area contributed by atoms with E-state index in [1.165, 1.54) is 0 Å². The van der Waals surface area contributed by atoms with E-state index in [1.807, 2.05) is 36.4 Å². The van der Waals surface area contributed by atoms with Crippen LogP contribution in [0.5, 0.6) is 0 Å². The summed E-state index contributed by atoms with van der Waals surface area (Å²) >= 11 is 0. The van der Waals surface area contributed by atoms with Crippen LogP contribution in [0, 0.1) is 44.6 Å². The zero-order valence-corrected chi connectivity index (χ0v) is 14.6. The Morgan fingerprint density at radius 1 is 1.32 bits per heavy atom. The van der Waals surface area contributed by atoms with Crippen molar-refractivity contribution in [1.82, 2.24) is 0 Å². The first-order chi connectivity index (χ1) is 12.1. The molecule has 0 saturated heterocycles. The third-order valence-corrected chi connectivity index (χ3v) is 5.03. The molecule has 5 nitrogen and oxygen atoms in total. The summed E-state index contributed by atoms with van der Waals surface area (Å²) in [6.07, 6.45) is 5.38. The van der Waals surface area contributed by atoms with Gasteiger partial charge in [0.1, 0.15) is 17.7 Å². The predicted octanol–water partition coefficient (Wildman–Crippen LogP) is 4.52. The molecule has 1 aliphatic carbocycles. The lowest BCUT2D eigenvalue weighted by Gasteiger charge is -2.32. The Balaban J connectivity index is 2.46. The van der Waals surface area contributed by atoms with Crippen LogP contribution >= 0.6 is 0 Å². The van der Waals surface area contributed by atoms with Gasteiger partial charge in [0, 0.05) is 10.8 Å². The second-order valence-electron chi connectivity index (χ2n) is 6.59. The van der Waals surface area contributed by atoms with Crippen LogP contribution in [0.15, 0.2) is 29.8 Å². The zero-order valence-electron chi connectivity index (χ0n) is 14.6. The molecule has 0 amide bonds. The summed E-state index contributed by atoms with van der Waals surface area (Å²) in [6.45, 7) is 2.00. The molecule has 2 atom stereocenters. The van der Waals surface area contributed by atoms with Gasteiger partial charge in [-0.3, -0.25) is 10.1 Å². The van der Waals surface area contributed by atoms with Crippen molar-refractivity contribution in [2.75, 3.05) is 6.54 Å². The van der Waals surface area contributed by atoms with Gasteiger partial charge in [-0.1, -0.05) is 50.5 Å². The number of rotatable bonds is 7. The van der Waals surface area contributed by atoms with Gasteiger partial charge in [0.15, 0.2) is 0 Å². The summed E-state index contributed by atoms with van der Waals surface area (Å²) in [5.74, 6) is -0.243. The third-order valence-electron chi connectivity index (χ3n) is 5.03. The molecule has 1 aromatic rings. The van der Waals surface area contributed by atoms with Crippen molar-refractivity contribution in [3.05, 3.63) is 51.1 Å². The van der Waals surface area contributed by atoms with E-state index in [9.17, 15) is 20.6 Å². The van der Waals surface area contributed by atoms with E-state index in [1.54, 1.807) is 0 Å². The Kier molecular flexibility index (Phi) is 6.71. The van der Waals surface area contributed by atoms with E-state index in [2.05, 4.69) is 6.92 Å². The molecule has 0 bridgehead atoms. The Labute approximate surface area is 148 Å². The van der Waals surface area contributed by atoms with Crippen molar-refractivity contribution in [2.45, 2.75) is 45.4 Å². The fourth-order valence-corrected chi connectivity index (χ4v) is 3.86. The fourth-order valence-electron chi connectivity index (χ4n) is 3.86. The highest BCUT2D eigenvalue weighted by Gasteiger charge is 2.34. The molecule has 0 N–H and O–H groups in total. The Morgan fingerprint density at radius 3 is 2.68 bits per heavy atom. The average molecular weight is 337 g/mol. The number of unbranched alkanes of at least 4 members (excludes halogenated alkanes) is 2. The van der Waals surface area contributed by atoms with Crippen LogP contribution in [-0.4, -0.2) is 11.5 Å². The van der Waals surface area contributed by atoms with E-state index in [0.717, 1.165) is 55.2 Å². The number of aryl methyl sites for hydroxylation is 1. The van der Waals surface area contributed by atoms with Crippen LogP contribution in [0.2, 0.25) is 0 Å². The Hall–Kier alpha value is -2.66. The Bertz CT molecular complexity index is 724. The summed E-state index contributed by atoms with van der Waals surface area (Å²) in [5.41, 5.74) is 2.85. The molecule has 0 heterocycles. The molecule has 5 heteroatoms. The number of benzene rings is 1. The largest absolute Gasteiger partial charge is 0.265 e. The highest BCUT2D eigenvalue weighted by Crippen LogP contribution is 2.42. The smallest absolute Gasteiger partial charge is 0.207 e. The molecule has 2 rings (SSSR count). The number of allylic oxidation sites excluding steroid dienone is 2. The SMILES string of the molecule is CCCCC[C@H](C[N+](=O)[O-])[C@@H]1CCc2ccccc2C1=C(C#N)C#N. The average Bonchev–Trinajstić information content (AvgIpc) is 2.62. The molecular weight excluding hydrogens is 314 g/mol. The topological polar surface area (TPSA) is 90.7 Å². The predicted molar refractivity (Wildman–Crippen MR) is 95.9 cm³/mol. The molecule has 0 saturated carbocycles. The maximum absolute atomic E-state index is 11.2. The summed E-state index contributed by atoms with van der Waals surface area (Å²) in [4.78, 5) is 10.9. The highest BCUT2D eigenvalue weighted by molar-refractivity contribution is 5.79. The summed E-state index contributed by atoms with van der Waals surface area (Å²) < 4.78 is 0. The zero-order chi connectivity index (χ0) is 18.2. The van der Waals surface area contributed by atoms with Crippen molar-refractivity contribution in [3.8, 4) is 12.1 Å². The third kappa shape index (κ3) is 4.45. The number of hydrogen-bond donors (Lipinski definition) is 0. The van der Waals surface area contributed by atoms with E-state index in [4.69, 9.17) is 0 Å². The normalized spacial score (nSPS) is 17.1. The van der Waals surface area contributed by atoms with Gasteiger partial charge in [0.05, 0.1) is 0 Å². The van der Waals surface area contributed by atoms with Gasteiger partial charge in [-0.2, -0.15) is 10.5 Å². The quantitative estimate of drug-likeness (QED) is 0.316. The Morgan fingerprint density at radius 2 is 2.04 bits per heavy atom. The summed E-state index contributed by atoms with van der Waals surface area (Å²) in [6, 6.07) is 11.8. The molecule has 1 aliphatic rings. The van der Waals surface area contributed by atoms with Gasteiger partial charge in [0.2, 0.25) is 6.54 Å². The maximum Gasteiger partial charge on any atom is 0.207 e. The molecule has 25 heavy (non-hydrogen) atoms. The number of nitrogens with zero attached hydrogens (tertiary/aromatic N) is 3. The first kappa shape index (κ1) is 18.7. The lowest BCUT2D eigenvalue weighted by molar-refractivity contribution is -0.489. The van der Waals surface area contributed by atoms with E-state index >= 15 is 0 Å². The minimum Gasteiger partial charge on any atom is -0.265 e. The standard InChI is InChI=1S/C20H23N3O2/c1-2-3-4-8-16(14-23(24)25)19-11-10-15-7-5-6-9-18(15)20(19)17(12-21)13-22/h5-7,9,16,19H,2-4,8,10-11,14H2,1H3/t16-,19+/m1/s1. The van der Waals surface area contributed by atoms with E-state index < -0.39 is 0 Å². The van der Waals surface area contributed by atoms with Crippen LogP contribution in [0.25, 0.3) is 5.57 Å². The van der Waals surface area contributed by atoms with Gasteiger partial charge in [-0.05, 0) is 41.9 Å². The minimum absolute atomic E-state index is 0.0981. The van der Waals surface area contributed by atoms with Crippen LogP contribution in [0.3, 0.4) is 0 Å². The lowest BCUT2D eigenvalue weighted by Crippen LogP contribution is -2.28. The fraction of sp³-hybridized carbons (Fsp3) is 0.500. The molecule has 0 radical (unpaired) electrons. The second-order valence-corrected chi connectivity index (χ2v) is 6.59. The van der Waals surface area contributed by atoms with Gasteiger partial charge in [0.25, 0.3) is 0 Å². The van der Waals surface area contributed by atoms with E-state index in [-0.39, 0.29) is 28.9 Å². The van der Waals surface area contributed by atoms with Crippen LogP contribution in [-0.2, 0) is 6.42 Å².